The maximum atomic E-state index is 14.3. The number of nitrogens with one attached hydrogen (secondary N) is 1. The van der Waals surface area contributed by atoms with Crippen LogP contribution in [0.4, 0.5) is 15.8 Å². The van der Waals surface area contributed by atoms with Gasteiger partial charge in [0.15, 0.2) is 0 Å². The van der Waals surface area contributed by atoms with Crippen molar-refractivity contribution >= 4 is 38.7 Å². The van der Waals surface area contributed by atoms with Crippen molar-refractivity contribution in [1.29, 1.82) is 0 Å². The number of carbonyl (C=O) groups excluding carboxylic acids is 1. The van der Waals surface area contributed by atoms with Gasteiger partial charge in [0.25, 0.3) is 5.91 Å². The third-order valence-corrected chi connectivity index (χ3v) is 6.17. The van der Waals surface area contributed by atoms with E-state index in [-0.39, 0.29) is 18.3 Å². The summed E-state index contributed by atoms with van der Waals surface area (Å²) >= 11 is 1.29. The summed E-state index contributed by atoms with van der Waals surface area (Å²) in [4.78, 5) is 15.7. The second-order valence-electron chi connectivity index (χ2n) is 6.58. The Bertz CT molecular complexity index is 1010. The highest BCUT2D eigenvalue weighted by atomic mass is 32.1. The molecule has 2 aromatic carbocycles. The van der Waals surface area contributed by atoms with E-state index in [1.165, 1.54) is 28.7 Å². The van der Waals surface area contributed by atoms with Gasteiger partial charge in [-0.05, 0) is 43.2 Å². The molecule has 0 unspecified atom stereocenters. The summed E-state index contributed by atoms with van der Waals surface area (Å²) in [5.41, 5.74) is 3.83. The number of anilines is 2. The van der Waals surface area contributed by atoms with Crippen LogP contribution in [0.1, 0.15) is 27.7 Å². The molecular weight excluding hydrogens is 363 g/mol. The van der Waals surface area contributed by atoms with Crippen LogP contribution in [-0.2, 0) is 17.8 Å². The number of thiophene rings is 1. The first-order valence-electron chi connectivity index (χ1n) is 9.00. The van der Waals surface area contributed by atoms with Gasteiger partial charge in [-0.1, -0.05) is 12.1 Å². The number of rotatable bonds is 5. The highest BCUT2D eigenvalue weighted by molar-refractivity contribution is 7.21. The number of methoxy groups -OCH3 is 1. The van der Waals surface area contributed by atoms with Crippen molar-refractivity contribution in [1.82, 2.24) is 0 Å². The van der Waals surface area contributed by atoms with Gasteiger partial charge in [0.2, 0.25) is 0 Å². The first-order valence-corrected chi connectivity index (χ1v) is 9.82. The van der Waals surface area contributed by atoms with E-state index in [1.54, 1.807) is 13.2 Å². The SMILES string of the molecule is CCN1CCc2ccc(NC(=O)c3sc4cccc(F)c4c3COC)cc21. The van der Waals surface area contributed by atoms with Crippen LogP contribution in [0.2, 0.25) is 0 Å². The number of hydrogen-bond acceptors (Lipinski definition) is 4. The Kier molecular flexibility index (Phi) is 4.85. The minimum Gasteiger partial charge on any atom is -0.380 e. The van der Waals surface area contributed by atoms with Crippen LogP contribution in [0.25, 0.3) is 10.1 Å². The van der Waals surface area contributed by atoms with Crippen LogP contribution < -0.4 is 10.2 Å². The standard InChI is InChI=1S/C21H21FN2O2S/c1-3-24-10-9-13-7-8-14(11-17(13)24)23-21(25)20-15(12-26-2)19-16(22)5-4-6-18(19)27-20/h4-8,11H,3,9-10,12H2,1-2H3,(H,23,25). The first kappa shape index (κ1) is 17.9. The smallest absolute Gasteiger partial charge is 0.266 e. The summed E-state index contributed by atoms with van der Waals surface area (Å²) < 4.78 is 20.3. The molecule has 0 saturated heterocycles. The molecule has 0 radical (unpaired) electrons. The number of hydrogen-bond donors (Lipinski definition) is 1. The Morgan fingerprint density at radius 2 is 2.19 bits per heavy atom. The fraction of sp³-hybridized carbons (Fsp3) is 0.286. The lowest BCUT2D eigenvalue weighted by Crippen LogP contribution is -2.19. The topological polar surface area (TPSA) is 41.6 Å². The molecule has 0 atom stereocenters. The minimum atomic E-state index is -0.328. The number of ether oxygens (including phenoxy) is 1. The first-order chi connectivity index (χ1) is 13.1. The number of fused-ring (bicyclic) bond motifs is 2. The Morgan fingerprint density at radius 3 is 2.96 bits per heavy atom. The predicted octanol–water partition coefficient (Wildman–Crippen LogP) is 4.82. The van der Waals surface area contributed by atoms with E-state index in [0.29, 0.717) is 15.8 Å². The molecule has 6 heteroatoms. The molecule has 4 nitrogen and oxygen atoms in total. The van der Waals surface area contributed by atoms with Crippen molar-refractivity contribution in [3.63, 3.8) is 0 Å². The minimum absolute atomic E-state index is 0.192. The van der Waals surface area contributed by atoms with Crippen molar-refractivity contribution < 1.29 is 13.9 Å². The number of likely N-dealkylation sites (N-methyl/N-ethyl adjacent to an activating group) is 1. The largest absolute Gasteiger partial charge is 0.380 e. The summed E-state index contributed by atoms with van der Waals surface area (Å²) in [7, 11) is 1.55. The molecular formula is C21H21FN2O2S. The van der Waals surface area contributed by atoms with Crippen LogP contribution in [0, 0.1) is 5.82 Å². The monoisotopic (exact) mass is 384 g/mol. The van der Waals surface area contributed by atoms with Crippen LogP contribution in [0.15, 0.2) is 36.4 Å². The van der Waals surface area contributed by atoms with E-state index in [1.807, 2.05) is 18.2 Å². The van der Waals surface area contributed by atoms with Gasteiger partial charge in [0.1, 0.15) is 5.82 Å². The zero-order valence-electron chi connectivity index (χ0n) is 15.3. The molecule has 3 aromatic rings. The van der Waals surface area contributed by atoms with Gasteiger partial charge in [-0.15, -0.1) is 11.3 Å². The van der Waals surface area contributed by atoms with Crippen molar-refractivity contribution in [2.24, 2.45) is 0 Å². The van der Waals surface area contributed by atoms with Crippen LogP contribution in [0.5, 0.6) is 0 Å². The second kappa shape index (κ2) is 7.29. The van der Waals surface area contributed by atoms with Crippen LogP contribution in [0.3, 0.4) is 0 Å². The van der Waals surface area contributed by atoms with Crippen molar-refractivity contribution in [2.75, 3.05) is 30.4 Å². The molecule has 27 heavy (non-hydrogen) atoms. The third kappa shape index (κ3) is 3.19. The summed E-state index contributed by atoms with van der Waals surface area (Å²) in [5.74, 6) is -0.561. The molecule has 0 spiro atoms. The maximum absolute atomic E-state index is 14.3. The predicted molar refractivity (Wildman–Crippen MR) is 108 cm³/mol. The summed E-state index contributed by atoms with van der Waals surface area (Å²) in [6.45, 7) is 4.27. The highest BCUT2D eigenvalue weighted by Gasteiger charge is 2.22. The molecule has 0 saturated carbocycles. The molecule has 1 N–H and O–H groups in total. The zero-order valence-corrected chi connectivity index (χ0v) is 16.2. The highest BCUT2D eigenvalue weighted by Crippen LogP contribution is 2.35. The van der Waals surface area contributed by atoms with E-state index in [4.69, 9.17) is 4.74 Å². The molecule has 1 aliphatic rings. The fourth-order valence-corrected chi connectivity index (χ4v) is 4.79. The Morgan fingerprint density at radius 1 is 1.33 bits per heavy atom. The van der Waals surface area contributed by atoms with E-state index in [2.05, 4.69) is 23.2 Å². The van der Waals surface area contributed by atoms with Gasteiger partial charge < -0.3 is 15.0 Å². The van der Waals surface area contributed by atoms with Gasteiger partial charge in [-0.2, -0.15) is 0 Å². The Balaban J connectivity index is 1.68. The number of amides is 1. The molecule has 2 heterocycles. The summed E-state index contributed by atoms with van der Waals surface area (Å²) in [6.07, 6.45) is 1.03. The molecule has 4 rings (SSSR count). The molecule has 1 aromatic heterocycles. The third-order valence-electron chi connectivity index (χ3n) is 4.97. The molecule has 0 bridgehead atoms. The van der Waals surface area contributed by atoms with E-state index in [9.17, 15) is 9.18 Å². The second-order valence-corrected chi connectivity index (χ2v) is 7.64. The van der Waals surface area contributed by atoms with Gasteiger partial charge in [-0.25, -0.2) is 4.39 Å². The lowest BCUT2D eigenvalue weighted by atomic mass is 10.1. The number of carbonyl (C=O) groups is 1. The normalized spacial score (nSPS) is 13.2. The maximum Gasteiger partial charge on any atom is 0.266 e. The van der Waals surface area contributed by atoms with E-state index >= 15 is 0 Å². The lowest BCUT2D eigenvalue weighted by molar-refractivity contribution is 0.102. The summed E-state index contributed by atoms with van der Waals surface area (Å²) in [6, 6.07) is 10.9. The van der Waals surface area contributed by atoms with Crippen molar-refractivity contribution in [2.45, 2.75) is 20.0 Å². The van der Waals surface area contributed by atoms with E-state index < -0.39 is 0 Å². The summed E-state index contributed by atoms with van der Waals surface area (Å²) in [5, 5.41) is 3.45. The number of halogens is 1. The molecule has 1 amide bonds. The number of benzene rings is 2. The van der Waals surface area contributed by atoms with Crippen molar-refractivity contribution in [3.05, 3.63) is 58.2 Å². The van der Waals surface area contributed by atoms with Gasteiger partial charge in [0.05, 0.1) is 11.5 Å². The van der Waals surface area contributed by atoms with Gasteiger partial charge in [0, 0.05) is 47.2 Å². The average Bonchev–Trinajstić information content (AvgIpc) is 3.24. The molecule has 0 fully saturated rings. The Labute approximate surface area is 161 Å². The Hall–Kier alpha value is -2.44. The lowest BCUT2D eigenvalue weighted by Gasteiger charge is -2.17. The fourth-order valence-electron chi connectivity index (χ4n) is 3.67. The molecule has 1 aliphatic heterocycles. The molecule has 140 valence electrons. The average molecular weight is 384 g/mol. The zero-order chi connectivity index (χ0) is 19.0. The van der Waals surface area contributed by atoms with Gasteiger partial charge in [-0.3, -0.25) is 4.79 Å². The van der Waals surface area contributed by atoms with Crippen molar-refractivity contribution in [3.8, 4) is 0 Å². The van der Waals surface area contributed by atoms with Gasteiger partial charge >= 0.3 is 0 Å². The number of nitrogens with zero attached hydrogens (tertiary/aromatic N) is 1. The molecule has 0 aliphatic carbocycles. The van der Waals surface area contributed by atoms with E-state index in [0.717, 1.165) is 29.9 Å². The van der Waals surface area contributed by atoms with Crippen LogP contribution >= 0.6 is 11.3 Å². The van der Waals surface area contributed by atoms with Crippen LogP contribution in [-0.4, -0.2) is 26.1 Å². The quantitative estimate of drug-likeness (QED) is 0.686.